The lowest BCUT2D eigenvalue weighted by Gasteiger charge is -2.32. The van der Waals surface area contributed by atoms with Gasteiger partial charge in [-0.2, -0.15) is 0 Å². The van der Waals surface area contributed by atoms with Gasteiger partial charge in [-0.3, -0.25) is 10.1 Å². The fourth-order valence-corrected chi connectivity index (χ4v) is 2.34. The standard InChI is InChI=1S/C16H22N2O2/c1-11(16(19)20-4)17-15-10-9-14(15)12-5-7-13(8-6-12)18(2)3/h5-11,14-15,17H,1-4H3. The van der Waals surface area contributed by atoms with Gasteiger partial charge in [0, 0.05) is 31.7 Å². The van der Waals surface area contributed by atoms with Crippen LogP contribution in [0.15, 0.2) is 36.4 Å². The van der Waals surface area contributed by atoms with Gasteiger partial charge in [-0.25, -0.2) is 0 Å². The third-order valence-electron chi connectivity index (χ3n) is 3.70. The molecule has 4 nitrogen and oxygen atoms in total. The molecular formula is C16H22N2O2. The van der Waals surface area contributed by atoms with Crippen molar-refractivity contribution in [3.63, 3.8) is 0 Å². The van der Waals surface area contributed by atoms with Gasteiger partial charge in [0.15, 0.2) is 0 Å². The average Bonchev–Trinajstić information content (AvgIpc) is 2.43. The molecule has 2 rings (SSSR count). The minimum Gasteiger partial charge on any atom is -0.468 e. The molecule has 0 amide bonds. The SMILES string of the molecule is COC(=O)C(C)NC1C=CC1c1ccc(N(C)C)cc1. The summed E-state index contributed by atoms with van der Waals surface area (Å²) in [7, 11) is 5.47. The van der Waals surface area contributed by atoms with Crippen LogP contribution in [0.5, 0.6) is 0 Å². The number of nitrogens with zero attached hydrogens (tertiary/aromatic N) is 1. The van der Waals surface area contributed by atoms with Crippen molar-refractivity contribution < 1.29 is 9.53 Å². The first-order valence-corrected chi connectivity index (χ1v) is 6.82. The maximum Gasteiger partial charge on any atom is 0.322 e. The number of rotatable bonds is 5. The summed E-state index contributed by atoms with van der Waals surface area (Å²) in [5, 5.41) is 3.28. The van der Waals surface area contributed by atoms with Gasteiger partial charge in [-0.05, 0) is 24.6 Å². The monoisotopic (exact) mass is 274 g/mol. The Kier molecular flexibility index (Phi) is 4.45. The Morgan fingerprint density at radius 1 is 1.25 bits per heavy atom. The molecule has 1 aromatic rings. The van der Waals surface area contributed by atoms with Gasteiger partial charge in [-0.15, -0.1) is 0 Å². The molecular weight excluding hydrogens is 252 g/mol. The third kappa shape index (κ3) is 3.02. The molecule has 1 aromatic carbocycles. The maximum atomic E-state index is 11.4. The van der Waals surface area contributed by atoms with Crippen LogP contribution in [0.3, 0.4) is 0 Å². The second-order valence-electron chi connectivity index (χ2n) is 5.33. The largest absolute Gasteiger partial charge is 0.468 e. The van der Waals surface area contributed by atoms with E-state index in [2.05, 4.69) is 46.6 Å². The topological polar surface area (TPSA) is 41.6 Å². The quantitative estimate of drug-likeness (QED) is 0.658. The molecule has 1 N–H and O–H groups in total. The normalized spacial score (nSPS) is 22.0. The predicted octanol–water partition coefficient (Wildman–Crippen LogP) is 1.93. The number of anilines is 1. The van der Waals surface area contributed by atoms with Crippen molar-refractivity contribution in [1.82, 2.24) is 5.32 Å². The van der Waals surface area contributed by atoms with Crippen LogP contribution in [0.1, 0.15) is 18.4 Å². The van der Waals surface area contributed by atoms with Crippen molar-refractivity contribution in [2.45, 2.75) is 24.9 Å². The number of methoxy groups -OCH3 is 1. The molecule has 0 bridgehead atoms. The fraction of sp³-hybridized carbons (Fsp3) is 0.438. The first-order valence-electron chi connectivity index (χ1n) is 6.82. The molecule has 0 saturated heterocycles. The van der Waals surface area contributed by atoms with Crippen LogP contribution in [0.4, 0.5) is 5.69 Å². The first kappa shape index (κ1) is 14.6. The molecule has 108 valence electrons. The zero-order chi connectivity index (χ0) is 14.7. The number of ether oxygens (including phenoxy) is 1. The van der Waals surface area contributed by atoms with Crippen LogP contribution in [0.25, 0.3) is 0 Å². The molecule has 0 saturated carbocycles. The second-order valence-corrected chi connectivity index (χ2v) is 5.33. The number of esters is 1. The number of carbonyl (C=O) groups is 1. The van der Waals surface area contributed by atoms with Crippen molar-refractivity contribution in [2.24, 2.45) is 0 Å². The van der Waals surface area contributed by atoms with Gasteiger partial charge in [0.05, 0.1) is 7.11 Å². The molecule has 0 spiro atoms. The van der Waals surface area contributed by atoms with Crippen LogP contribution in [0.2, 0.25) is 0 Å². The molecule has 0 aromatic heterocycles. The second kappa shape index (κ2) is 6.09. The minimum absolute atomic E-state index is 0.189. The van der Waals surface area contributed by atoms with Crippen LogP contribution >= 0.6 is 0 Å². The number of benzene rings is 1. The molecule has 0 fully saturated rings. The molecule has 4 heteroatoms. The summed E-state index contributed by atoms with van der Waals surface area (Å²) in [5.74, 6) is 0.0883. The van der Waals surface area contributed by atoms with Crippen molar-refractivity contribution in [3.05, 3.63) is 42.0 Å². The third-order valence-corrected chi connectivity index (χ3v) is 3.70. The van der Waals surface area contributed by atoms with E-state index in [4.69, 9.17) is 4.74 Å². The summed E-state index contributed by atoms with van der Waals surface area (Å²) in [5.41, 5.74) is 2.44. The highest BCUT2D eigenvalue weighted by molar-refractivity contribution is 5.75. The highest BCUT2D eigenvalue weighted by Crippen LogP contribution is 2.31. The smallest absolute Gasteiger partial charge is 0.322 e. The van der Waals surface area contributed by atoms with Gasteiger partial charge < -0.3 is 9.64 Å². The Balaban J connectivity index is 2.00. The van der Waals surface area contributed by atoms with Crippen molar-refractivity contribution in [2.75, 3.05) is 26.1 Å². The van der Waals surface area contributed by atoms with Crippen molar-refractivity contribution in [1.29, 1.82) is 0 Å². The lowest BCUT2D eigenvalue weighted by atomic mass is 9.82. The van der Waals surface area contributed by atoms with E-state index in [1.807, 2.05) is 21.0 Å². The predicted molar refractivity (Wildman–Crippen MR) is 81.1 cm³/mol. The summed E-state index contributed by atoms with van der Waals surface area (Å²) >= 11 is 0. The molecule has 0 aliphatic heterocycles. The Bertz CT molecular complexity index is 494. The molecule has 0 radical (unpaired) electrons. The Morgan fingerprint density at radius 2 is 1.90 bits per heavy atom. The lowest BCUT2D eigenvalue weighted by molar-refractivity contribution is -0.142. The number of hydrogen-bond donors (Lipinski definition) is 1. The zero-order valence-corrected chi connectivity index (χ0v) is 12.5. The molecule has 1 aliphatic carbocycles. The fourth-order valence-electron chi connectivity index (χ4n) is 2.34. The van der Waals surface area contributed by atoms with E-state index < -0.39 is 0 Å². The van der Waals surface area contributed by atoms with Crippen molar-refractivity contribution >= 4 is 11.7 Å². The van der Waals surface area contributed by atoms with Gasteiger partial charge in [0.25, 0.3) is 0 Å². The van der Waals surface area contributed by atoms with E-state index in [-0.39, 0.29) is 18.1 Å². The average molecular weight is 274 g/mol. The highest BCUT2D eigenvalue weighted by atomic mass is 16.5. The van der Waals surface area contributed by atoms with Crippen LogP contribution in [-0.4, -0.2) is 39.3 Å². The van der Waals surface area contributed by atoms with E-state index in [0.717, 1.165) is 0 Å². The Hall–Kier alpha value is -1.81. The van der Waals surface area contributed by atoms with Gasteiger partial charge >= 0.3 is 5.97 Å². The van der Waals surface area contributed by atoms with Crippen LogP contribution in [-0.2, 0) is 9.53 Å². The van der Waals surface area contributed by atoms with Crippen LogP contribution < -0.4 is 10.2 Å². The Morgan fingerprint density at radius 3 is 2.35 bits per heavy atom. The minimum atomic E-state index is -0.293. The molecule has 3 atom stereocenters. The number of carbonyl (C=O) groups excluding carboxylic acids is 1. The van der Waals surface area contributed by atoms with E-state index in [1.54, 1.807) is 0 Å². The van der Waals surface area contributed by atoms with E-state index in [0.29, 0.717) is 5.92 Å². The number of hydrogen-bond acceptors (Lipinski definition) is 4. The maximum absolute atomic E-state index is 11.4. The van der Waals surface area contributed by atoms with Gasteiger partial charge in [-0.1, -0.05) is 24.3 Å². The van der Waals surface area contributed by atoms with Gasteiger partial charge in [0.1, 0.15) is 6.04 Å². The summed E-state index contributed by atoms with van der Waals surface area (Å²) in [6.45, 7) is 1.82. The first-order chi connectivity index (χ1) is 9.52. The summed E-state index contributed by atoms with van der Waals surface area (Å²) < 4.78 is 4.73. The molecule has 0 heterocycles. The summed E-state index contributed by atoms with van der Waals surface area (Å²) in [6, 6.07) is 8.40. The molecule has 3 unspecified atom stereocenters. The molecule has 20 heavy (non-hydrogen) atoms. The van der Waals surface area contributed by atoms with Crippen LogP contribution in [0, 0.1) is 0 Å². The molecule has 1 aliphatic rings. The highest BCUT2D eigenvalue weighted by Gasteiger charge is 2.28. The summed E-state index contributed by atoms with van der Waals surface area (Å²) in [4.78, 5) is 13.5. The van der Waals surface area contributed by atoms with E-state index in [1.165, 1.54) is 18.4 Å². The number of nitrogens with one attached hydrogen (secondary N) is 1. The Labute approximate surface area is 120 Å². The van der Waals surface area contributed by atoms with Crippen molar-refractivity contribution in [3.8, 4) is 0 Å². The summed E-state index contributed by atoms with van der Waals surface area (Å²) in [6.07, 6.45) is 4.25. The van der Waals surface area contributed by atoms with Gasteiger partial charge in [0.2, 0.25) is 0 Å². The zero-order valence-electron chi connectivity index (χ0n) is 12.5. The van der Waals surface area contributed by atoms with E-state index in [9.17, 15) is 4.79 Å². The van der Waals surface area contributed by atoms with E-state index >= 15 is 0 Å². The lowest BCUT2D eigenvalue weighted by Crippen LogP contribution is -2.46.